The SMILES string of the molecule is O=C(NCCCc1ccccc1)c1cc(-c2ccsc2)c2nncn2n1. The minimum absolute atomic E-state index is 0.190. The first-order chi connectivity index (χ1) is 12.8. The van der Waals surface area contributed by atoms with Crippen molar-refractivity contribution in [1.29, 1.82) is 0 Å². The molecule has 7 heteroatoms. The second-order valence-corrected chi connectivity index (χ2v) is 6.68. The zero-order chi connectivity index (χ0) is 17.8. The maximum atomic E-state index is 12.5. The maximum Gasteiger partial charge on any atom is 0.271 e. The summed E-state index contributed by atoms with van der Waals surface area (Å²) in [6.45, 7) is 0.601. The third kappa shape index (κ3) is 3.48. The van der Waals surface area contributed by atoms with Crippen LogP contribution in [0.4, 0.5) is 0 Å². The van der Waals surface area contributed by atoms with E-state index >= 15 is 0 Å². The molecule has 0 aliphatic rings. The standard InChI is InChI=1S/C19H17N5OS/c25-19(20-9-4-7-14-5-2-1-3-6-14)17-11-16(15-8-10-26-12-15)18-22-21-13-24(18)23-17/h1-3,5-6,8,10-13H,4,7,9H2,(H,20,25). The second kappa shape index (κ2) is 7.45. The van der Waals surface area contributed by atoms with E-state index in [1.165, 1.54) is 11.9 Å². The Labute approximate surface area is 154 Å². The van der Waals surface area contributed by atoms with E-state index < -0.39 is 0 Å². The highest BCUT2D eigenvalue weighted by Crippen LogP contribution is 2.25. The van der Waals surface area contributed by atoms with E-state index in [1.807, 2.05) is 35.0 Å². The van der Waals surface area contributed by atoms with Gasteiger partial charge in [-0.05, 0) is 46.9 Å². The number of carbonyl (C=O) groups is 1. The number of nitrogens with one attached hydrogen (secondary N) is 1. The zero-order valence-electron chi connectivity index (χ0n) is 14.0. The molecule has 0 saturated carbocycles. The first-order valence-corrected chi connectivity index (χ1v) is 9.31. The predicted octanol–water partition coefficient (Wildman–Crippen LogP) is 3.22. The van der Waals surface area contributed by atoms with Crippen molar-refractivity contribution in [2.45, 2.75) is 12.8 Å². The monoisotopic (exact) mass is 363 g/mol. The quantitative estimate of drug-likeness (QED) is 0.534. The van der Waals surface area contributed by atoms with Crippen LogP contribution in [0.15, 0.2) is 59.6 Å². The van der Waals surface area contributed by atoms with E-state index in [-0.39, 0.29) is 5.91 Å². The van der Waals surface area contributed by atoms with E-state index in [0.29, 0.717) is 17.9 Å². The molecule has 0 aliphatic heterocycles. The summed E-state index contributed by atoms with van der Waals surface area (Å²) in [5.74, 6) is -0.190. The van der Waals surface area contributed by atoms with Gasteiger partial charge in [0.15, 0.2) is 5.65 Å². The van der Waals surface area contributed by atoms with Gasteiger partial charge in [-0.15, -0.1) is 10.2 Å². The summed E-state index contributed by atoms with van der Waals surface area (Å²) in [5, 5.41) is 19.3. The van der Waals surface area contributed by atoms with Gasteiger partial charge in [0, 0.05) is 12.1 Å². The van der Waals surface area contributed by atoms with Gasteiger partial charge in [0.05, 0.1) is 0 Å². The van der Waals surface area contributed by atoms with Crippen LogP contribution in [0.1, 0.15) is 22.5 Å². The second-order valence-electron chi connectivity index (χ2n) is 5.90. The fourth-order valence-corrected chi connectivity index (χ4v) is 3.45. The van der Waals surface area contributed by atoms with Crippen molar-refractivity contribution in [3.8, 4) is 11.1 Å². The predicted molar refractivity (Wildman–Crippen MR) is 101 cm³/mol. The van der Waals surface area contributed by atoms with E-state index in [2.05, 4.69) is 32.7 Å². The molecule has 0 spiro atoms. The van der Waals surface area contributed by atoms with Crippen molar-refractivity contribution in [3.05, 3.63) is 70.8 Å². The van der Waals surface area contributed by atoms with Crippen LogP contribution >= 0.6 is 11.3 Å². The van der Waals surface area contributed by atoms with Crippen LogP contribution in [0, 0.1) is 0 Å². The number of thiophene rings is 1. The summed E-state index contributed by atoms with van der Waals surface area (Å²) in [5.41, 5.74) is 4.13. The van der Waals surface area contributed by atoms with Crippen molar-refractivity contribution < 1.29 is 4.79 Å². The molecule has 0 unspecified atom stereocenters. The van der Waals surface area contributed by atoms with Crippen molar-refractivity contribution in [3.63, 3.8) is 0 Å². The number of aryl methyl sites for hydroxylation is 1. The van der Waals surface area contributed by atoms with Gasteiger partial charge in [0.25, 0.3) is 5.91 Å². The first kappa shape index (κ1) is 16.4. The Balaban J connectivity index is 1.47. The number of benzene rings is 1. The number of rotatable bonds is 6. The Bertz CT molecular complexity index is 1010. The lowest BCUT2D eigenvalue weighted by Gasteiger charge is -2.07. The summed E-state index contributed by atoms with van der Waals surface area (Å²) < 4.78 is 1.55. The molecule has 1 aromatic carbocycles. The van der Waals surface area contributed by atoms with Crippen molar-refractivity contribution in [2.75, 3.05) is 6.54 Å². The normalized spacial score (nSPS) is 10.9. The molecule has 130 valence electrons. The van der Waals surface area contributed by atoms with Crippen LogP contribution in [-0.4, -0.2) is 32.3 Å². The molecular weight excluding hydrogens is 346 g/mol. The Hall–Kier alpha value is -3.06. The smallest absolute Gasteiger partial charge is 0.271 e. The minimum atomic E-state index is -0.190. The van der Waals surface area contributed by atoms with Gasteiger partial charge in [-0.2, -0.15) is 21.0 Å². The number of hydrogen-bond acceptors (Lipinski definition) is 5. The highest BCUT2D eigenvalue weighted by Gasteiger charge is 2.15. The number of amides is 1. The maximum absolute atomic E-state index is 12.5. The zero-order valence-corrected chi connectivity index (χ0v) is 14.8. The van der Waals surface area contributed by atoms with Gasteiger partial charge in [0.2, 0.25) is 0 Å². The number of fused-ring (bicyclic) bond motifs is 1. The average Bonchev–Trinajstić information content (AvgIpc) is 3.36. The molecule has 4 aromatic rings. The van der Waals surface area contributed by atoms with Crippen LogP contribution < -0.4 is 5.32 Å². The number of carbonyl (C=O) groups excluding carboxylic acids is 1. The molecule has 0 radical (unpaired) electrons. The molecular formula is C19H17N5OS. The van der Waals surface area contributed by atoms with Crippen LogP contribution in [0.5, 0.6) is 0 Å². The summed E-state index contributed by atoms with van der Waals surface area (Å²) in [4.78, 5) is 12.5. The Morgan fingerprint density at radius 1 is 1.19 bits per heavy atom. The van der Waals surface area contributed by atoms with Crippen LogP contribution in [-0.2, 0) is 6.42 Å². The fourth-order valence-electron chi connectivity index (χ4n) is 2.80. The lowest BCUT2D eigenvalue weighted by Crippen LogP contribution is -2.26. The number of hydrogen-bond donors (Lipinski definition) is 1. The summed E-state index contributed by atoms with van der Waals surface area (Å²) in [6, 6.07) is 14.0. The number of nitrogens with zero attached hydrogens (tertiary/aromatic N) is 4. The van der Waals surface area contributed by atoms with Gasteiger partial charge in [-0.3, -0.25) is 4.79 Å². The highest BCUT2D eigenvalue weighted by atomic mass is 32.1. The molecule has 6 nitrogen and oxygen atoms in total. The molecule has 0 saturated heterocycles. The fraction of sp³-hybridized carbons (Fsp3) is 0.158. The van der Waals surface area contributed by atoms with Crippen molar-refractivity contribution in [1.82, 2.24) is 25.1 Å². The molecule has 1 amide bonds. The third-order valence-corrected chi connectivity index (χ3v) is 4.79. The van der Waals surface area contributed by atoms with Crippen LogP contribution in [0.25, 0.3) is 16.8 Å². The van der Waals surface area contributed by atoms with Gasteiger partial charge < -0.3 is 5.32 Å². The lowest BCUT2D eigenvalue weighted by molar-refractivity contribution is 0.0947. The number of aromatic nitrogens is 4. The Kier molecular flexibility index (Phi) is 4.70. The van der Waals surface area contributed by atoms with Gasteiger partial charge in [-0.1, -0.05) is 30.3 Å². The lowest BCUT2D eigenvalue weighted by atomic mass is 10.1. The topological polar surface area (TPSA) is 72.2 Å². The van der Waals surface area contributed by atoms with E-state index in [1.54, 1.807) is 21.9 Å². The molecule has 3 aromatic heterocycles. The third-order valence-electron chi connectivity index (χ3n) is 4.10. The Morgan fingerprint density at radius 2 is 2.08 bits per heavy atom. The van der Waals surface area contributed by atoms with E-state index in [0.717, 1.165) is 24.0 Å². The Morgan fingerprint density at radius 3 is 2.88 bits per heavy atom. The van der Waals surface area contributed by atoms with Crippen molar-refractivity contribution in [2.24, 2.45) is 0 Å². The van der Waals surface area contributed by atoms with Gasteiger partial charge in [-0.25, -0.2) is 0 Å². The average molecular weight is 363 g/mol. The van der Waals surface area contributed by atoms with Gasteiger partial charge >= 0.3 is 0 Å². The molecule has 3 heterocycles. The minimum Gasteiger partial charge on any atom is -0.351 e. The molecule has 0 fully saturated rings. The van der Waals surface area contributed by atoms with Crippen molar-refractivity contribution >= 4 is 22.9 Å². The molecule has 4 rings (SSSR count). The van der Waals surface area contributed by atoms with E-state index in [4.69, 9.17) is 0 Å². The van der Waals surface area contributed by atoms with E-state index in [9.17, 15) is 4.79 Å². The largest absolute Gasteiger partial charge is 0.351 e. The van der Waals surface area contributed by atoms with Gasteiger partial charge in [0.1, 0.15) is 12.0 Å². The molecule has 26 heavy (non-hydrogen) atoms. The highest BCUT2D eigenvalue weighted by molar-refractivity contribution is 7.08. The van der Waals surface area contributed by atoms with Crippen LogP contribution in [0.2, 0.25) is 0 Å². The van der Waals surface area contributed by atoms with Crippen LogP contribution in [0.3, 0.4) is 0 Å². The molecule has 0 atom stereocenters. The first-order valence-electron chi connectivity index (χ1n) is 8.37. The summed E-state index contributed by atoms with van der Waals surface area (Å²) >= 11 is 1.60. The molecule has 1 N–H and O–H groups in total. The molecule has 0 aliphatic carbocycles. The molecule has 0 bridgehead atoms. The summed E-state index contributed by atoms with van der Waals surface area (Å²) in [7, 11) is 0. The summed E-state index contributed by atoms with van der Waals surface area (Å²) in [6.07, 6.45) is 3.32.